The molecule has 0 aliphatic carbocycles. The molecule has 2 aromatic heterocycles. The number of benzene rings is 1. The Morgan fingerprint density at radius 2 is 1.92 bits per heavy atom. The maximum absolute atomic E-state index is 13.2. The van der Waals surface area contributed by atoms with Crippen LogP contribution in [0.3, 0.4) is 0 Å². The zero-order valence-electron chi connectivity index (χ0n) is 13.3. The van der Waals surface area contributed by atoms with Gasteiger partial charge in [0.1, 0.15) is 11.6 Å². The first-order valence-corrected chi connectivity index (χ1v) is 8.49. The number of nitrogens with zero attached hydrogens (tertiary/aromatic N) is 1. The van der Waals surface area contributed by atoms with E-state index in [-0.39, 0.29) is 17.5 Å². The summed E-state index contributed by atoms with van der Waals surface area (Å²) in [5.74, 6) is -0.307. The predicted octanol–water partition coefficient (Wildman–Crippen LogP) is 3.41. The van der Waals surface area contributed by atoms with Crippen LogP contribution in [0.1, 0.15) is 20.1 Å². The van der Waals surface area contributed by atoms with Gasteiger partial charge in [-0.2, -0.15) is 0 Å². The number of halogens is 1. The van der Waals surface area contributed by atoms with Crippen LogP contribution in [0.2, 0.25) is 0 Å². The molecule has 1 amide bonds. The summed E-state index contributed by atoms with van der Waals surface area (Å²) in [5, 5.41) is 6.00. The molecule has 0 saturated heterocycles. The second-order valence-corrected chi connectivity index (χ2v) is 6.60. The highest BCUT2D eigenvalue weighted by atomic mass is 32.1. The smallest absolute Gasteiger partial charge is 0.255 e. The Morgan fingerprint density at radius 1 is 1.12 bits per heavy atom. The second-order valence-electron chi connectivity index (χ2n) is 5.35. The highest BCUT2D eigenvalue weighted by Gasteiger charge is 2.10. The van der Waals surface area contributed by atoms with Crippen molar-refractivity contribution in [1.82, 2.24) is 10.3 Å². The number of nitrogens with two attached hydrogens (primary N) is 1. The standard InChI is InChI=1S/C18H17FN4OS/c19-12-3-1-4-13(9-12)22-10-14-6-7-15(25-14)11-23-18(24)16-5-2-8-21-17(16)20/h1-9,22H,10-11H2,(H2,20,21)(H,23,24). The summed E-state index contributed by atoms with van der Waals surface area (Å²) < 4.78 is 13.2. The highest BCUT2D eigenvalue weighted by molar-refractivity contribution is 7.12. The summed E-state index contributed by atoms with van der Waals surface area (Å²) in [6.45, 7) is 1.01. The third-order valence-corrected chi connectivity index (χ3v) is 4.60. The number of hydrogen-bond donors (Lipinski definition) is 3. The van der Waals surface area contributed by atoms with Crippen molar-refractivity contribution in [2.45, 2.75) is 13.1 Å². The SMILES string of the molecule is Nc1ncccc1C(=O)NCc1ccc(CNc2cccc(F)c2)s1. The van der Waals surface area contributed by atoms with Gasteiger partial charge in [-0.1, -0.05) is 6.07 Å². The van der Waals surface area contributed by atoms with E-state index in [0.717, 1.165) is 15.4 Å². The Balaban J connectivity index is 1.53. The van der Waals surface area contributed by atoms with Gasteiger partial charge in [0.15, 0.2) is 0 Å². The minimum Gasteiger partial charge on any atom is -0.383 e. The van der Waals surface area contributed by atoms with E-state index >= 15 is 0 Å². The molecule has 2 heterocycles. The number of nitrogens with one attached hydrogen (secondary N) is 2. The van der Waals surface area contributed by atoms with Crippen molar-refractivity contribution in [3.8, 4) is 0 Å². The van der Waals surface area contributed by atoms with Gasteiger partial charge in [-0.05, 0) is 42.5 Å². The molecule has 0 aliphatic heterocycles. The van der Waals surface area contributed by atoms with Gasteiger partial charge in [-0.25, -0.2) is 9.37 Å². The van der Waals surface area contributed by atoms with Gasteiger partial charge in [0, 0.05) is 28.2 Å². The number of pyridine rings is 1. The summed E-state index contributed by atoms with van der Waals surface area (Å²) in [4.78, 5) is 18.1. The molecule has 0 fully saturated rings. The van der Waals surface area contributed by atoms with Gasteiger partial charge in [0.2, 0.25) is 0 Å². The molecule has 1 aromatic carbocycles. The third-order valence-electron chi connectivity index (χ3n) is 3.52. The van der Waals surface area contributed by atoms with Crippen LogP contribution in [0.25, 0.3) is 0 Å². The van der Waals surface area contributed by atoms with Crippen LogP contribution < -0.4 is 16.4 Å². The monoisotopic (exact) mass is 356 g/mol. The van der Waals surface area contributed by atoms with E-state index in [9.17, 15) is 9.18 Å². The minimum atomic E-state index is -0.269. The fraction of sp³-hybridized carbons (Fsp3) is 0.111. The topological polar surface area (TPSA) is 80.0 Å². The minimum absolute atomic E-state index is 0.214. The zero-order chi connectivity index (χ0) is 17.6. The van der Waals surface area contributed by atoms with Crippen molar-refractivity contribution < 1.29 is 9.18 Å². The van der Waals surface area contributed by atoms with E-state index in [1.54, 1.807) is 35.7 Å². The largest absolute Gasteiger partial charge is 0.383 e. The normalized spacial score (nSPS) is 10.4. The lowest BCUT2D eigenvalue weighted by Crippen LogP contribution is -2.23. The second kappa shape index (κ2) is 7.76. The molecule has 0 aliphatic rings. The Morgan fingerprint density at radius 3 is 2.68 bits per heavy atom. The first kappa shape index (κ1) is 16.9. The summed E-state index contributed by atoms with van der Waals surface area (Å²) in [5.41, 5.74) is 6.80. The lowest BCUT2D eigenvalue weighted by atomic mass is 10.2. The van der Waals surface area contributed by atoms with Gasteiger partial charge in [0.05, 0.1) is 12.1 Å². The summed E-state index contributed by atoms with van der Waals surface area (Å²) >= 11 is 1.58. The van der Waals surface area contributed by atoms with E-state index < -0.39 is 0 Å². The average Bonchev–Trinajstić information content (AvgIpc) is 3.06. The molecule has 0 atom stereocenters. The van der Waals surface area contributed by atoms with Crippen molar-refractivity contribution in [3.63, 3.8) is 0 Å². The van der Waals surface area contributed by atoms with Crippen molar-refractivity contribution in [1.29, 1.82) is 0 Å². The number of nitrogen functional groups attached to an aromatic ring is 1. The maximum atomic E-state index is 13.2. The fourth-order valence-electron chi connectivity index (χ4n) is 2.27. The van der Waals surface area contributed by atoms with Gasteiger partial charge >= 0.3 is 0 Å². The number of carbonyl (C=O) groups excluding carboxylic acids is 1. The van der Waals surface area contributed by atoms with E-state index in [0.29, 0.717) is 18.7 Å². The van der Waals surface area contributed by atoms with E-state index in [1.165, 1.54) is 12.1 Å². The number of amides is 1. The summed E-state index contributed by atoms with van der Waals surface area (Å²) in [7, 11) is 0. The quantitative estimate of drug-likeness (QED) is 0.632. The molecule has 25 heavy (non-hydrogen) atoms. The number of hydrogen-bond acceptors (Lipinski definition) is 5. The molecule has 0 bridgehead atoms. The third kappa shape index (κ3) is 4.54. The summed E-state index contributed by atoms with van der Waals surface area (Å²) in [6, 6.07) is 13.6. The van der Waals surface area contributed by atoms with Crippen molar-refractivity contribution in [2.75, 3.05) is 11.1 Å². The number of aromatic nitrogens is 1. The number of thiophene rings is 1. The van der Waals surface area contributed by atoms with Crippen LogP contribution in [-0.2, 0) is 13.1 Å². The van der Waals surface area contributed by atoms with Gasteiger partial charge in [-0.15, -0.1) is 11.3 Å². The van der Waals surface area contributed by atoms with Crippen molar-refractivity contribution >= 4 is 28.7 Å². The van der Waals surface area contributed by atoms with Crippen molar-refractivity contribution in [2.24, 2.45) is 0 Å². The van der Waals surface area contributed by atoms with Crippen LogP contribution in [0, 0.1) is 5.82 Å². The molecular formula is C18H17FN4OS. The lowest BCUT2D eigenvalue weighted by molar-refractivity contribution is 0.0952. The van der Waals surface area contributed by atoms with Gasteiger partial charge < -0.3 is 16.4 Å². The highest BCUT2D eigenvalue weighted by Crippen LogP contribution is 2.19. The van der Waals surface area contributed by atoms with Crippen molar-refractivity contribution in [3.05, 3.63) is 75.9 Å². The molecular weight excluding hydrogens is 339 g/mol. The van der Waals surface area contributed by atoms with Crippen LogP contribution in [0.15, 0.2) is 54.7 Å². The first-order valence-electron chi connectivity index (χ1n) is 7.67. The van der Waals surface area contributed by atoms with E-state index in [2.05, 4.69) is 15.6 Å². The zero-order valence-corrected chi connectivity index (χ0v) is 14.1. The van der Waals surface area contributed by atoms with E-state index in [1.807, 2.05) is 18.2 Å². The number of anilines is 2. The maximum Gasteiger partial charge on any atom is 0.255 e. The van der Waals surface area contributed by atoms with Gasteiger partial charge in [-0.3, -0.25) is 4.79 Å². The molecule has 0 saturated carbocycles. The Labute approximate surface area is 148 Å². The Bertz CT molecular complexity index is 881. The van der Waals surface area contributed by atoms with Crippen LogP contribution in [0.5, 0.6) is 0 Å². The van der Waals surface area contributed by atoms with Crippen LogP contribution in [0.4, 0.5) is 15.9 Å². The molecule has 5 nitrogen and oxygen atoms in total. The number of rotatable bonds is 6. The van der Waals surface area contributed by atoms with Gasteiger partial charge in [0.25, 0.3) is 5.91 Å². The predicted molar refractivity (Wildman–Crippen MR) is 97.9 cm³/mol. The number of carbonyl (C=O) groups is 1. The Hall–Kier alpha value is -2.93. The van der Waals surface area contributed by atoms with E-state index in [4.69, 9.17) is 5.73 Å². The van der Waals surface area contributed by atoms with Crippen LogP contribution >= 0.6 is 11.3 Å². The lowest BCUT2D eigenvalue weighted by Gasteiger charge is -2.06. The molecule has 0 spiro atoms. The molecule has 0 unspecified atom stereocenters. The average molecular weight is 356 g/mol. The molecule has 0 radical (unpaired) electrons. The molecule has 3 rings (SSSR count). The fourth-order valence-corrected chi connectivity index (χ4v) is 3.17. The first-order chi connectivity index (χ1) is 12.1. The summed E-state index contributed by atoms with van der Waals surface area (Å²) in [6.07, 6.45) is 1.54. The molecule has 4 N–H and O–H groups in total. The Kier molecular flexibility index (Phi) is 5.25. The van der Waals surface area contributed by atoms with Crippen LogP contribution in [-0.4, -0.2) is 10.9 Å². The molecule has 7 heteroatoms. The molecule has 3 aromatic rings. The molecule has 128 valence electrons.